The van der Waals surface area contributed by atoms with Crippen molar-refractivity contribution >= 4 is 6.29 Å². The van der Waals surface area contributed by atoms with Crippen LogP contribution in [0.4, 0.5) is 0 Å². The predicted molar refractivity (Wildman–Crippen MR) is 38.4 cm³/mol. The van der Waals surface area contributed by atoms with Crippen molar-refractivity contribution in [2.75, 3.05) is 6.54 Å². The summed E-state index contributed by atoms with van der Waals surface area (Å²) in [5.41, 5.74) is 0. The van der Waals surface area contributed by atoms with Crippen LogP contribution in [0.2, 0.25) is 0 Å². The summed E-state index contributed by atoms with van der Waals surface area (Å²) in [4.78, 5) is 12.7. The van der Waals surface area contributed by atoms with Gasteiger partial charge in [-0.3, -0.25) is 9.69 Å². The van der Waals surface area contributed by atoms with Crippen LogP contribution in [0.1, 0.15) is 25.7 Å². The quantitative estimate of drug-likeness (QED) is 0.560. The smallest absolute Gasteiger partial charge is 0.217 e. The van der Waals surface area contributed by atoms with E-state index in [1.165, 1.54) is 19.3 Å². The fourth-order valence-corrected chi connectivity index (χ4v) is 1.76. The minimum Gasteiger partial charge on any atom is -0.290 e. The van der Waals surface area contributed by atoms with E-state index in [0.717, 1.165) is 19.0 Å². The molecule has 0 amide bonds. The Morgan fingerprint density at radius 1 is 1.30 bits per heavy atom. The van der Waals surface area contributed by atoms with E-state index < -0.39 is 0 Å². The van der Waals surface area contributed by atoms with Gasteiger partial charge in [0.05, 0.1) is 6.04 Å². The lowest BCUT2D eigenvalue weighted by Crippen LogP contribution is -2.32. The van der Waals surface area contributed by atoms with E-state index in [1.54, 1.807) is 0 Å². The summed E-state index contributed by atoms with van der Waals surface area (Å²) in [5, 5.41) is 0. The highest BCUT2D eigenvalue weighted by atomic mass is 16.1. The van der Waals surface area contributed by atoms with Crippen LogP contribution in [-0.2, 0) is 4.79 Å². The number of rotatable bonds is 2. The molecule has 0 aromatic heterocycles. The van der Waals surface area contributed by atoms with Gasteiger partial charge in [-0.2, -0.15) is 0 Å². The average Bonchev–Trinajstić information content (AvgIpc) is 2.69. The van der Waals surface area contributed by atoms with Crippen LogP contribution in [0.5, 0.6) is 0 Å². The Morgan fingerprint density at radius 3 is 2.70 bits per heavy atom. The Labute approximate surface area is 61.2 Å². The molecule has 1 saturated heterocycles. The summed E-state index contributed by atoms with van der Waals surface area (Å²) in [6, 6.07) is 0.890. The second kappa shape index (κ2) is 2.35. The summed E-state index contributed by atoms with van der Waals surface area (Å²) in [6.45, 7) is 1.13. The lowest BCUT2D eigenvalue weighted by molar-refractivity contribution is 0.285. The fourth-order valence-electron chi connectivity index (χ4n) is 1.76. The van der Waals surface area contributed by atoms with E-state index in [-0.39, 0.29) is 6.04 Å². The second-order valence-corrected chi connectivity index (χ2v) is 3.24. The maximum atomic E-state index is 10.4. The van der Waals surface area contributed by atoms with Gasteiger partial charge in [0.2, 0.25) is 6.29 Å². The van der Waals surface area contributed by atoms with Crippen LogP contribution in [-0.4, -0.2) is 29.8 Å². The molecule has 55 valence electrons. The molecule has 2 aliphatic rings. The van der Waals surface area contributed by atoms with E-state index in [4.69, 9.17) is 0 Å². The van der Waals surface area contributed by atoms with Gasteiger partial charge in [0.1, 0.15) is 0 Å². The van der Waals surface area contributed by atoms with Crippen molar-refractivity contribution in [2.24, 2.45) is 0 Å². The van der Waals surface area contributed by atoms with Crippen molar-refractivity contribution in [3.05, 3.63) is 0 Å². The van der Waals surface area contributed by atoms with E-state index in [9.17, 15) is 4.79 Å². The highest BCUT2D eigenvalue weighted by molar-refractivity contribution is 5.59. The van der Waals surface area contributed by atoms with Gasteiger partial charge in [0.15, 0.2) is 0 Å². The molecule has 2 nitrogen and oxygen atoms in total. The molecule has 1 radical (unpaired) electrons. The summed E-state index contributed by atoms with van der Waals surface area (Å²) < 4.78 is 0. The lowest BCUT2D eigenvalue weighted by atomic mass is 10.2. The maximum Gasteiger partial charge on any atom is 0.217 e. The Kier molecular flexibility index (Phi) is 1.49. The first-order valence-electron chi connectivity index (χ1n) is 4.05. The standard InChI is InChI=1S/C8H12NO/c10-6-8-2-1-5-9(8)7-3-4-7/h7-8H,1-5H2. The molecule has 0 aromatic carbocycles. The zero-order chi connectivity index (χ0) is 6.97. The number of hydrogen-bond acceptors (Lipinski definition) is 2. The van der Waals surface area contributed by atoms with Gasteiger partial charge in [-0.05, 0) is 32.2 Å². The lowest BCUT2D eigenvalue weighted by Gasteiger charge is -2.17. The van der Waals surface area contributed by atoms with Gasteiger partial charge < -0.3 is 0 Å². The Balaban J connectivity index is 1.97. The molecule has 1 aliphatic carbocycles. The monoisotopic (exact) mass is 138 g/mol. The van der Waals surface area contributed by atoms with E-state index >= 15 is 0 Å². The minimum absolute atomic E-state index is 0.146. The van der Waals surface area contributed by atoms with Gasteiger partial charge in [-0.15, -0.1) is 0 Å². The topological polar surface area (TPSA) is 20.3 Å². The summed E-state index contributed by atoms with van der Waals surface area (Å²) in [7, 11) is 0. The first kappa shape index (κ1) is 6.35. The molecule has 0 bridgehead atoms. The molecule has 2 fully saturated rings. The van der Waals surface area contributed by atoms with Crippen LogP contribution in [0.25, 0.3) is 0 Å². The van der Waals surface area contributed by atoms with Gasteiger partial charge in [0.25, 0.3) is 0 Å². The number of likely N-dealkylation sites (tertiary alicyclic amines) is 1. The van der Waals surface area contributed by atoms with E-state index in [2.05, 4.69) is 11.2 Å². The molecule has 0 spiro atoms. The third-order valence-corrected chi connectivity index (χ3v) is 2.45. The summed E-state index contributed by atoms with van der Waals surface area (Å²) >= 11 is 0. The van der Waals surface area contributed by atoms with Crippen LogP contribution in [0.15, 0.2) is 0 Å². The normalized spacial score (nSPS) is 34.6. The average molecular weight is 138 g/mol. The van der Waals surface area contributed by atoms with Crippen molar-refractivity contribution < 1.29 is 4.79 Å². The van der Waals surface area contributed by atoms with Gasteiger partial charge in [-0.1, -0.05) is 0 Å². The molecule has 1 unspecified atom stereocenters. The highest BCUT2D eigenvalue weighted by Gasteiger charge is 2.36. The third-order valence-electron chi connectivity index (χ3n) is 2.45. The maximum absolute atomic E-state index is 10.4. The molecule has 1 aliphatic heterocycles. The van der Waals surface area contributed by atoms with Crippen molar-refractivity contribution in [1.29, 1.82) is 0 Å². The van der Waals surface area contributed by atoms with Crippen molar-refractivity contribution in [1.82, 2.24) is 4.90 Å². The van der Waals surface area contributed by atoms with Crippen molar-refractivity contribution in [2.45, 2.75) is 37.8 Å². The number of carbonyl (C=O) groups excluding carboxylic acids is 1. The fraction of sp³-hybridized carbons (Fsp3) is 0.875. The van der Waals surface area contributed by atoms with Gasteiger partial charge >= 0.3 is 0 Å². The SMILES string of the molecule is O=[C]C1CCCN1C1CC1. The zero-order valence-corrected chi connectivity index (χ0v) is 6.05. The first-order valence-corrected chi connectivity index (χ1v) is 4.05. The Morgan fingerprint density at radius 2 is 2.10 bits per heavy atom. The Bertz CT molecular complexity index is 142. The Hall–Kier alpha value is -0.370. The van der Waals surface area contributed by atoms with Crippen LogP contribution in [0.3, 0.4) is 0 Å². The van der Waals surface area contributed by atoms with Crippen molar-refractivity contribution in [3.63, 3.8) is 0 Å². The van der Waals surface area contributed by atoms with Crippen LogP contribution >= 0.6 is 0 Å². The molecule has 10 heavy (non-hydrogen) atoms. The molecule has 2 heteroatoms. The van der Waals surface area contributed by atoms with Crippen molar-refractivity contribution in [3.8, 4) is 0 Å². The van der Waals surface area contributed by atoms with E-state index in [1.807, 2.05) is 0 Å². The van der Waals surface area contributed by atoms with E-state index in [0.29, 0.717) is 0 Å². The molecule has 1 saturated carbocycles. The molecule has 2 rings (SSSR count). The summed E-state index contributed by atoms with van der Waals surface area (Å²) in [6.07, 6.45) is 6.95. The largest absolute Gasteiger partial charge is 0.290 e. The first-order chi connectivity index (χ1) is 4.92. The molecule has 1 atom stereocenters. The number of nitrogens with zero attached hydrogens (tertiary/aromatic N) is 1. The molecular formula is C8H12NO. The molecular weight excluding hydrogens is 126 g/mol. The highest BCUT2D eigenvalue weighted by Crippen LogP contribution is 2.32. The molecule has 1 heterocycles. The van der Waals surface area contributed by atoms with Crippen LogP contribution < -0.4 is 0 Å². The third kappa shape index (κ3) is 0.966. The summed E-state index contributed by atoms with van der Waals surface area (Å²) in [5.74, 6) is 0. The zero-order valence-electron chi connectivity index (χ0n) is 6.05. The van der Waals surface area contributed by atoms with Gasteiger partial charge in [0, 0.05) is 6.04 Å². The minimum atomic E-state index is 0.146. The predicted octanol–water partition coefficient (Wildman–Crippen LogP) is 0.723. The van der Waals surface area contributed by atoms with Gasteiger partial charge in [-0.25, -0.2) is 0 Å². The second-order valence-electron chi connectivity index (χ2n) is 3.24. The molecule has 0 aromatic rings. The van der Waals surface area contributed by atoms with Crippen LogP contribution in [0, 0.1) is 0 Å². The number of hydrogen-bond donors (Lipinski definition) is 0. The molecule has 0 N–H and O–H groups in total.